The highest BCUT2D eigenvalue weighted by atomic mass is 16.5. The van der Waals surface area contributed by atoms with Crippen LogP contribution in [0.2, 0.25) is 0 Å². The molecule has 0 aliphatic carbocycles. The van der Waals surface area contributed by atoms with Crippen molar-refractivity contribution in [1.82, 2.24) is 0 Å². The van der Waals surface area contributed by atoms with Crippen LogP contribution < -0.4 is 0 Å². The van der Waals surface area contributed by atoms with Crippen LogP contribution in [0, 0.1) is 5.41 Å². The van der Waals surface area contributed by atoms with Gasteiger partial charge in [0.2, 0.25) is 0 Å². The number of ether oxygens (including phenoxy) is 1. The van der Waals surface area contributed by atoms with Crippen molar-refractivity contribution in [2.75, 3.05) is 0 Å². The number of benzene rings is 1. The van der Waals surface area contributed by atoms with Gasteiger partial charge in [-0.3, -0.25) is 0 Å². The molecule has 0 saturated heterocycles. The quantitative estimate of drug-likeness (QED) is 0.556. The minimum atomic E-state index is -0.259. The summed E-state index contributed by atoms with van der Waals surface area (Å²) in [5.74, 6) is -0.259. The van der Waals surface area contributed by atoms with Crippen LogP contribution in [0.5, 0.6) is 0 Å². The lowest BCUT2D eigenvalue weighted by Gasteiger charge is -2.25. The molecule has 0 unspecified atom stereocenters. The molecule has 0 N–H and O–H groups in total. The zero-order chi connectivity index (χ0) is 14.3. The van der Waals surface area contributed by atoms with Crippen molar-refractivity contribution in [1.29, 1.82) is 0 Å². The van der Waals surface area contributed by atoms with Gasteiger partial charge in [-0.2, -0.15) is 0 Å². The van der Waals surface area contributed by atoms with Crippen LogP contribution in [-0.4, -0.2) is 5.97 Å². The van der Waals surface area contributed by atoms with Gasteiger partial charge in [0.1, 0.15) is 6.61 Å². The molecule has 0 bridgehead atoms. The SMILES string of the molecule is CCCC(C)(C)/C(C)=C/C(=O)OCc1ccccc1. The van der Waals surface area contributed by atoms with E-state index in [-0.39, 0.29) is 11.4 Å². The van der Waals surface area contributed by atoms with Gasteiger partial charge < -0.3 is 4.74 Å². The number of rotatable bonds is 6. The van der Waals surface area contributed by atoms with Crippen LogP contribution in [0.4, 0.5) is 0 Å². The minimum absolute atomic E-state index is 0.0561. The van der Waals surface area contributed by atoms with Crippen molar-refractivity contribution >= 4 is 5.97 Å². The number of hydrogen-bond acceptors (Lipinski definition) is 2. The first-order valence-electron chi connectivity index (χ1n) is 6.85. The Balaban J connectivity index is 2.55. The van der Waals surface area contributed by atoms with Crippen molar-refractivity contribution in [3.8, 4) is 0 Å². The Morgan fingerprint density at radius 3 is 2.47 bits per heavy atom. The maximum atomic E-state index is 11.8. The molecule has 0 heterocycles. The van der Waals surface area contributed by atoms with Crippen LogP contribution >= 0.6 is 0 Å². The second kappa shape index (κ2) is 7.13. The van der Waals surface area contributed by atoms with Gasteiger partial charge >= 0.3 is 5.97 Å². The highest BCUT2D eigenvalue weighted by molar-refractivity contribution is 5.82. The highest BCUT2D eigenvalue weighted by Gasteiger charge is 2.19. The summed E-state index contributed by atoms with van der Waals surface area (Å²) in [7, 11) is 0. The Kier molecular flexibility index (Phi) is 5.81. The Morgan fingerprint density at radius 2 is 1.89 bits per heavy atom. The normalized spacial score (nSPS) is 12.3. The number of carbonyl (C=O) groups excluding carboxylic acids is 1. The number of hydrogen-bond donors (Lipinski definition) is 0. The number of esters is 1. The van der Waals surface area contributed by atoms with E-state index in [2.05, 4.69) is 20.8 Å². The first-order valence-corrected chi connectivity index (χ1v) is 6.85. The summed E-state index contributed by atoms with van der Waals surface area (Å²) in [6.07, 6.45) is 3.80. The van der Waals surface area contributed by atoms with Crippen molar-refractivity contribution in [2.45, 2.75) is 47.1 Å². The summed E-state index contributed by atoms with van der Waals surface area (Å²) in [6, 6.07) is 9.72. The van der Waals surface area contributed by atoms with Gasteiger partial charge in [-0.15, -0.1) is 0 Å². The molecule has 0 atom stereocenters. The van der Waals surface area contributed by atoms with Gasteiger partial charge in [0.05, 0.1) is 0 Å². The molecule has 0 fully saturated rings. The molecule has 0 amide bonds. The summed E-state index contributed by atoms with van der Waals surface area (Å²) in [4.78, 5) is 11.8. The highest BCUT2D eigenvalue weighted by Crippen LogP contribution is 2.31. The molecule has 0 aliphatic heterocycles. The molecular weight excluding hydrogens is 236 g/mol. The van der Waals surface area contributed by atoms with E-state index in [0.29, 0.717) is 6.61 Å². The molecule has 0 aromatic heterocycles. The third-order valence-corrected chi connectivity index (χ3v) is 3.50. The van der Waals surface area contributed by atoms with E-state index in [1.807, 2.05) is 37.3 Å². The second-order valence-corrected chi connectivity index (χ2v) is 5.55. The fourth-order valence-electron chi connectivity index (χ4n) is 1.96. The third kappa shape index (κ3) is 5.29. The van der Waals surface area contributed by atoms with Crippen molar-refractivity contribution < 1.29 is 9.53 Å². The van der Waals surface area contributed by atoms with Gasteiger partial charge in [0, 0.05) is 6.08 Å². The summed E-state index contributed by atoms with van der Waals surface area (Å²) in [5, 5.41) is 0. The smallest absolute Gasteiger partial charge is 0.331 e. The van der Waals surface area contributed by atoms with Crippen molar-refractivity contribution in [2.24, 2.45) is 5.41 Å². The molecule has 1 rings (SSSR count). The van der Waals surface area contributed by atoms with Gasteiger partial charge in [0.25, 0.3) is 0 Å². The van der Waals surface area contributed by atoms with E-state index < -0.39 is 0 Å². The fourth-order valence-corrected chi connectivity index (χ4v) is 1.96. The Hall–Kier alpha value is -1.57. The number of allylic oxidation sites excluding steroid dienone is 1. The van der Waals surface area contributed by atoms with Gasteiger partial charge in [-0.05, 0) is 24.3 Å². The molecule has 0 saturated carbocycles. The van der Waals surface area contributed by atoms with E-state index in [1.165, 1.54) is 0 Å². The Morgan fingerprint density at radius 1 is 1.26 bits per heavy atom. The summed E-state index contributed by atoms with van der Waals surface area (Å²) in [5.41, 5.74) is 2.14. The topological polar surface area (TPSA) is 26.3 Å². The zero-order valence-electron chi connectivity index (χ0n) is 12.4. The van der Waals surface area contributed by atoms with Crippen LogP contribution in [-0.2, 0) is 16.1 Å². The van der Waals surface area contributed by atoms with Crippen molar-refractivity contribution in [3.63, 3.8) is 0 Å². The van der Waals surface area contributed by atoms with Gasteiger partial charge in [-0.1, -0.05) is 63.1 Å². The number of carbonyl (C=O) groups is 1. The second-order valence-electron chi connectivity index (χ2n) is 5.55. The lowest BCUT2D eigenvalue weighted by molar-refractivity contribution is -0.139. The van der Waals surface area contributed by atoms with Crippen LogP contribution in [0.3, 0.4) is 0 Å². The summed E-state index contributed by atoms with van der Waals surface area (Å²) >= 11 is 0. The van der Waals surface area contributed by atoms with Crippen LogP contribution in [0.15, 0.2) is 42.0 Å². The minimum Gasteiger partial charge on any atom is -0.458 e. The van der Waals surface area contributed by atoms with Gasteiger partial charge in [0.15, 0.2) is 0 Å². The largest absolute Gasteiger partial charge is 0.458 e. The standard InChI is InChI=1S/C17H24O2/c1-5-11-17(3,4)14(2)12-16(18)19-13-15-9-7-6-8-10-15/h6-10,12H,5,11,13H2,1-4H3/b14-12+. The summed E-state index contributed by atoms with van der Waals surface area (Å²) < 4.78 is 5.26. The van der Waals surface area contributed by atoms with E-state index in [4.69, 9.17) is 4.74 Å². The predicted molar refractivity (Wildman–Crippen MR) is 78.7 cm³/mol. The first-order chi connectivity index (χ1) is 8.95. The summed E-state index contributed by atoms with van der Waals surface area (Å²) in [6.45, 7) is 8.81. The Labute approximate surface area is 116 Å². The molecular formula is C17H24O2. The molecule has 0 radical (unpaired) electrons. The average Bonchev–Trinajstić information content (AvgIpc) is 2.37. The molecule has 1 aromatic carbocycles. The maximum Gasteiger partial charge on any atom is 0.331 e. The zero-order valence-corrected chi connectivity index (χ0v) is 12.4. The van der Waals surface area contributed by atoms with E-state index in [1.54, 1.807) is 6.08 Å². The predicted octanol–water partition coefficient (Wildman–Crippen LogP) is 4.50. The van der Waals surface area contributed by atoms with Crippen LogP contribution in [0.25, 0.3) is 0 Å². The molecule has 0 spiro atoms. The molecule has 104 valence electrons. The van der Waals surface area contributed by atoms with Gasteiger partial charge in [-0.25, -0.2) is 4.79 Å². The fraction of sp³-hybridized carbons (Fsp3) is 0.471. The Bertz CT molecular complexity index is 430. The van der Waals surface area contributed by atoms with E-state index in [9.17, 15) is 4.79 Å². The van der Waals surface area contributed by atoms with Crippen LogP contribution in [0.1, 0.15) is 46.1 Å². The maximum absolute atomic E-state index is 11.8. The first kappa shape index (κ1) is 15.5. The third-order valence-electron chi connectivity index (χ3n) is 3.50. The lowest BCUT2D eigenvalue weighted by Crippen LogP contribution is -2.14. The molecule has 2 nitrogen and oxygen atoms in total. The molecule has 2 heteroatoms. The van der Waals surface area contributed by atoms with E-state index in [0.717, 1.165) is 24.0 Å². The molecule has 1 aromatic rings. The van der Waals surface area contributed by atoms with Crippen molar-refractivity contribution in [3.05, 3.63) is 47.5 Å². The molecule has 19 heavy (non-hydrogen) atoms. The van der Waals surface area contributed by atoms with E-state index >= 15 is 0 Å². The lowest BCUT2D eigenvalue weighted by atomic mass is 9.81. The monoisotopic (exact) mass is 260 g/mol. The molecule has 0 aliphatic rings. The average molecular weight is 260 g/mol.